The number of fused-ring (bicyclic) bond motifs is 1. The van der Waals surface area contributed by atoms with E-state index in [1.54, 1.807) is 14.2 Å². The number of nitrogens with zero attached hydrogens (tertiary/aromatic N) is 4. The molecule has 0 unspecified atom stereocenters. The van der Waals surface area contributed by atoms with Crippen molar-refractivity contribution in [1.29, 1.82) is 0 Å². The van der Waals surface area contributed by atoms with Crippen LogP contribution in [0.25, 0.3) is 22.2 Å². The second-order valence-corrected chi connectivity index (χ2v) is 8.61. The highest BCUT2D eigenvalue weighted by Crippen LogP contribution is 2.29. The fourth-order valence-electron chi connectivity index (χ4n) is 4.55. The van der Waals surface area contributed by atoms with Crippen LogP contribution in [0.4, 0.5) is 0 Å². The van der Waals surface area contributed by atoms with Crippen molar-refractivity contribution in [2.45, 2.75) is 13.1 Å². The van der Waals surface area contributed by atoms with Gasteiger partial charge in [0.1, 0.15) is 5.82 Å². The molecule has 1 aromatic heterocycles. The zero-order valence-corrected chi connectivity index (χ0v) is 19.8. The van der Waals surface area contributed by atoms with Gasteiger partial charge in [0.15, 0.2) is 11.5 Å². The van der Waals surface area contributed by atoms with Crippen LogP contribution in [0, 0.1) is 0 Å². The smallest absolute Gasteiger partial charge is 0.161 e. The summed E-state index contributed by atoms with van der Waals surface area (Å²) in [5.74, 6) is 2.42. The fourth-order valence-corrected chi connectivity index (χ4v) is 4.55. The number of rotatable bonds is 7. The van der Waals surface area contributed by atoms with Crippen LogP contribution in [0.2, 0.25) is 0 Å². The first-order valence-electron chi connectivity index (χ1n) is 11.7. The molecule has 0 amide bonds. The molecule has 0 N–H and O–H groups in total. The van der Waals surface area contributed by atoms with E-state index in [0.717, 1.165) is 78.8 Å². The summed E-state index contributed by atoms with van der Waals surface area (Å²) in [6, 6.07) is 24.8. The van der Waals surface area contributed by atoms with Gasteiger partial charge in [0.2, 0.25) is 0 Å². The number of hydrogen-bond donors (Lipinski definition) is 0. The van der Waals surface area contributed by atoms with E-state index in [1.807, 2.05) is 18.2 Å². The van der Waals surface area contributed by atoms with E-state index in [9.17, 15) is 0 Å². The van der Waals surface area contributed by atoms with Crippen molar-refractivity contribution in [3.8, 4) is 22.8 Å². The standard InChI is InChI=1S/C28H30N4O2/c1-33-25-13-12-21(18-26(25)34-2)19-31-14-16-32(17-15-31)20-27-29-24-11-7-6-10-23(24)28(30-27)22-8-4-3-5-9-22/h3-13,18H,14-17,19-20H2,1-2H3. The predicted octanol–water partition coefficient (Wildman–Crippen LogP) is 4.63. The quantitative estimate of drug-likeness (QED) is 0.406. The predicted molar refractivity (Wildman–Crippen MR) is 135 cm³/mol. The molecule has 5 rings (SSSR count). The third kappa shape index (κ3) is 4.88. The molecule has 1 fully saturated rings. The molecule has 1 saturated heterocycles. The molecular weight excluding hydrogens is 424 g/mol. The van der Waals surface area contributed by atoms with E-state index in [1.165, 1.54) is 5.56 Å². The molecule has 6 heteroatoms. The number of hydrogen-bond acceptors (Lipinski definition) is 6. The van der Waals surface area contributed by atoms with Crippen molar-refractivity contribution in [2.24, 2.45) is 0 Å². The first-order chi connectivity index (χ1) is 16.7. The minimum Gasteiger partial charge on any atom is -0.493 e. The number of aromatic nitrogens is 2. The molecular formula is C28H30N4O2. The average molecular weight is 455 g/mol. The maximum atomic E-state index is 5.46. The van der Waals surface area contributed by atoms with Crippen LogP contribution >= 0.6 is 0 Å². The molecule has 34 heavy (non-hydrogen) atoms. The minimum absolute atomic E-state index is 0.759. The Labute approximate surface area is 200 Å². The highest BCUT2D eigenvalue weighted by Gasteiger charge is 2.19. The zero-order chi connectivity index (χ0) is 23.3. The molecule has 0 radical (unpaired) electrons. The highest BCUT2D eigenvalue weighted by atomic mass is 16.5. The Morgan fingerprint density at radius 2 is 1.38 bits per heavy atom. The molecule has 174 valence electrons. The lowest BCUT2D eigenvalue weighted by Gasteiger charge is -2.34. The van der Waals surface area contributed by atoms with Crippen LogP contribution in [0.15, 0.2) is 72.8 Å². The maximum absolute atomic E-state index is 5.46. The van der Waals surface area contributed by atoms with Gasteiger partial charge in [0.05, 0.1) is 32.0 Å². The topological polar surface area (TPSA) is 50.7 Å². The third-order valence-corrected chi connectivity index (χ3v) is 6.38. The number of piperazine rings is 1. The molecule has 2 heterocycles. The van der Waals surface area contributed by atoms with Crippen molar-refractivity contribution < 1.29 is 9.47 Å². The SMILES string of the molecule is COc1ccc(CN2CCN(Cc3nc(-c4ccccc4)c4ccccc4n3)CC2)cc1OC. The zero-order valence-electron chi connectivity index (χ0n) is 19.8. The van der Waals surface area contributed by atoms with E-state index >= 15 is 0 Å². The molecule has 4 aromatic rings. The fraction of sp³-hybridized carbons (Fsp3) is 0.286. The summed E-state index contributed by atoms with van der Waals surface area (Å²) in [6.07, 6.45) is 0. The number of ether oxygens (including phenoxy) is 2. The monoisotopic (exact) mass is 454 g/mol. The van der Waals surface area contributed by atoms with E-state index in [4.69, 9.17) is 19.4 Å². The van der Waals surface area contributed by atoms with Crippen molar-refractivity contribution in [3.05, 3.63) is 84.2 Å². The number of para-hydroxylation sites is 1. The van der Waals surface area contributed by atoms with Crippen molar-refractivity contribution >= 4 is 10.9 Å². The van der Waals surface area contributed by atoms with E-state index in [-0.39, 0.29) is 0 Å². The lowest BCUT2D eigenvalue weighted by atomic mass is 10.1. The van der Waals surface area contributed by atoms with Gasteiger partial charge in [-0.15, -0.1) is 0 Å². The molecule has 0 aliphatic carbocycles. The van der Waals surface area contributed by atoms with Crippen LogP contribution in [0.1, 0.15) is 11.4 Å². The van der Waals surface area contributed by atoms with Gasteiger partial charge < -0.3 is 9.47 Å². The Kier molecular flexibility index (Phi) is 6.70. The van der Waals surface area contributed by atoms with Gasteiger partial charge in [-0.2, -0.15) is 0 Å². The summed E-state index contributed by atoms with van der Waals surface area (Å²) in [5.41, 5.74) is 4.37. The van der Waals surface area contributed by atoms with Crippen LogP contribution < -0.4 is 9.47 Å². The van der Waals surface area contributed by atoms with E-state index in [0.29, 0.717) is 0 Å². The molecule has 1 aliphatic heterocycles. The summed E-state index contributed by atoms with van der Waals surface area (Å²) in [4.78, 5) is 14.8. The lowest BCUT2D eigenvalue weighted by Crippen LogP contribution is -2.45. The van der Waals surface area contributed by atoms with Gasteiger partial charge >= 0.3 is 0 Å². The Morgan fingerprint density at radius 3 is 2.12 bits per heavy atom. The molecule has 0 saturated carbocycles. The third-order valence-electron chi connectivity index (χ3n) is 6.38. The Hall–Kier alpha value is -3.48. The summed E-state index contributed by atoms with van der Waals surface area (Å²) in [6.45, 7) is 5.66. The van der Waals surface area contributed by atoms with E-state index < -0.39 is 0 Å². The van der Waals surface area contributed by atoms with Crippen molar-refractivity contribution in [1.82, 2.24) is 19.8 Å². The highest BCUT2D eigenvalue weighted by molar-refractivity contribution is 5.92. The van der Waals surface area contributed by atoms with Crippen LogP contribution in [0.5, 0.6) is 11.5 Å². The summed E-state index contributed by atoms with van der Waals surface area (Å²) < 4.78 is 10.8. The molecule has 0 spiro atoms. The molecule has 0 bridgehead atoms. The summed E-state index contributed by atoms with van der Waals surface area (Å²) in [5, 5.41) is 1.09. The maximum Gasteiger partial charge on any atom is 0.161 e. The molecule has 6 nitrogen and oxygen atoms in total. The van der Waals surface area contributed by atoms with E-state index in [2.05, 4.69) is 64.4 Å². The van der Waals surface area contributed by atoms with Gasteiger partial charge in [-0.3, -0.25) is 9.80 Å². The number of methoxy groups -OCH3 is 2. The summed E-state index contributed by atoms with van der Waals surface area (Å²) in [7, 11) is 3.34. The van der Waals surface area contributed by atoms with Crippen LogP contribution in [0.3, 0.4) is 0 Å². The second kappa shape index (κ2) is 10.2. The van der Waals surface area contributed by atoms with Gasteiger partial charge in [-0.1, -0.05) is 54.6 Å². The molecule has 0 atom stereocenters. The van der Waals surface area contributed by atoms with Crippen LogP contribution in [-0.2, 0) is 13.1 Å². The Bertz CT molecular complexity index is 1250. The second-order valence-electron chi connectivity index (χ2n) is 8.61. The van der Waals surface area contributed by atoms with Gasteiger partial charge in [-0.25, -0.2) is 9.97 Å². The Balaban J connectivity index is 1.27. The van der Waals surface area contributed by atoms with Gasteiger partial charge in [0.25, 0.3) is 0 Å². The first-order valence-corrected chi connectivity index (χ1v) is 11.7. The lowest BCUT2D eigenvalue weighted by molar-refractivity contribution is 0.120. The molecule has 1 aliphatic rings. The Morgan fingerprint density at radius 1 is 0.706 bits per heavy atom. The first kappa shape index (κ1) is 22.3. The van der Waals surface area contributed by atoms with Gasteiger partial charge in [0, 0.05) is 43.7 Å². The minimum atomic E-state index is 0.759. The van der Waals surface area contributed by atoms with Gasteiger partial charge in [-0.05, 0) is 23.8 Å². The summed E-state index contributed by atoms with van der Waals surface area (Å²) >= 11 is 0. The average Bonchev–Trinajstić information content (AvgIpc) is 2.90. The normalized spacial score (nSPS) is 14.9. The number of benzene rings is 3. The van der Waals surface area contributed by atoms with Crippen molar-refractivity contribution in [2.75, 3.05) is 40.4 Å². The largest absolute Gasteiger partial charge is 0.493 e. The molecule has 3 aromatic carbocycles. The van der Waals surface area contributed by atoms with Crippen molar-refractivity contribution in [3.63, 3.8) is 0 Å². The van der Waals surface area contributed by atoms with Crippen LogP contribution in [-0.4, -0.2) is 60.2 Å².